The molecule has 4 heterocycles. The molecule has 0 unspecified atom stereocenters. The average Bonchev–Trinajstić information content (AvgIpc) is 3.13. The van der Waals surface area contributed by atoms with E-state index in [0.29, 0.717) is 11.7 Å². The van der Waals surface area contributed by atoms with E-state index in [1.165, 1.54) is 25.7 Å². The number of pyridine rings is 1. The predicted octanol–water partition coefficient (Wildman–Crippen LogP) is 3.60. The summed E-state index contributed by atoms with van der Waals surface area (Å²) in [5.74, 6) is 4.04. The van der Waals surface area contributed by atoms with Crippen LogP contribution in [0.2, 0.25) is 0 Å². The normalized spacial score (nSPS) is 20.6. The van der Waals surface area contributed by atoms with Crippen LogP contribution in [0.25, 0.3) is 11.4 Å². The van der Waals surface area contributed by atoms with Crippen LogP contribution in [0.4, 0.5) is 5.82 Å². The Morgan fingerprint density at radius 1 is 1.00 bits per heavy atom. The fraction of sp³-hybridized carbons (Fsp3) is 0.650. The van der Waals surface area contributed by atoms with Gasteiger partial charge in [-0.05, 0) is 62.7 Å². The monoisotopic (exact) mass is 355 g/mol. The minimum absolute atomic E-state index is 0.636. The molecule has 6 heteroatoms. The Labute approximate surface area is 155 Å². The SMILES string of the molecule is CC1CCN(Cc2nc(-c3ccc(N4CCC(C)CC4)nc3)no2)CC1. The van der Waals surface area contributed by atoms with Crippen molar-refractivity contribution in [3.63, 3.8) is 0 Å². The Morgan fingerprint density at radius 2 is 1.69 bits per heavy atom. The van der Waals surface area contributed by atoms with Gasteiger partial charge < -0.3 is 9.42 Å². The van der Waals surface area contributed by atoms with Crippen molar-refractivity contribution in [2.24, 2.45) is 11.8 Å². The second kappa shape index (κ2) is 7.74. The maximum Gasteiger partial charge on any atom is 0.241 e. The molecule has 0 atom stereocenters. The van der Waals surface area contributed by atoms with Crippen molar-refractivity contribution in [1.29, 1.82) is 0 Å². The molecule has 2 fully saturated rings. The van der Waals surface area contributed by atoms with Crippen molar-refractivity contribution in [2.75, 3.05) is 31.1 Å². The van der Waals surface area contributed by atoms with Crippen LogP contribution in [0.15, 0.2) is 22.9 Å². The summed E-state index contributed by atoms with van der Waals surface area (Å²) in [6.45, 7) is 9.81. The second-order valence-corrected chi connectivity index (χ2v) is 8.05. The van der Waals surface area contributed by atoms with E-state index in [1.54, 1.807) is 0 Å². The largest absolute Gasteiger partial charge is 0.357 e. The first-order valence-electron chi connectivity index (χ1n) is 9.93. The van der Waals surface area contributed by atoms with Crippen LogP contribution in [-0.2, 0) is 6.54 Å². The summed E-state index contributed by atoms with van der Waals surface area (Å²) in [7, 11) is 0. The van der Waals surface area contributed by atoms with Gasteiger partial charge in [-0.2, -0.15) is 4.98 Å². The molecule has 0 saturated carbocycles. The Morgan fingerprint density at radius 3 is 2.35 bits per heavy atom. The summed E-state index contributed by atoms with van der Waals surface area (Å²) in [6.07, 6.45) is 6.85. The van der Waals surface area contributed by atoms with Gasteiger partial charge in [-0.15, -0.1) is 0 Å². The van der Waals surface area contributed by atoms with E-state index >= 15 is 0 Å². The lowest BCUT2D eigenvalue weighted by molar-refractivity contribution is 0.165. The smallest absolute Gasteiger partial charge is 0.241 e. The lowest BCUT2D eigenvalue weighted by Crippen LogP contribution is -2.33. The Kier molecular flexibility index (Phi) is 5.20. The molecule has 26 heavy (non-hydrogen) atoms. The minimum Gasteiger partial charge on any atom is -0.357 e. The summed E-state index contributed by atoms with van der Waals surface area (Å²) in [5, 5.41) is 4.15. The Balaban J connectivity index is 1.38. The molecule has 2 aromatic rings. The van der Waals surface area contributed by atoms with Crippen molar-refractivity contribution < 1.29 is 4.52 Å². The third-order valence-corrected chi connectivity index (χ3v) is 5.82. The van der Waals surface area contributed by atoms with Crippen molar-refractivity contribution in [3.8, 4) is 11.4 Å². The van der Waals surface area contributed by atoms with Crippen molar-refractivity contribution in [3.05, 3.63) is 24.2 Å². The lowest BCUT2D eigenvalue weighted by Gasteiger charge is -2.31. The Bertz CT molecular complexity index is 697. The highest BCUT2D eigenvalue weighted by molar-refractivity contribution is 5.55. The molecule has 0 amide bonds. The molecule has 6 nitrogen and oxygen atoms in total. The van der Waals surface area contributed by atoms with Gasteiger partial charge in [0.15, 0.2) is 0 Å². The van der Waals surface area contributed by atoms with E-state index in [0.717, 1.165) is 55.9 Å². The average molecular weight is 355 g/mol. The Hall–Kier alpha value is -1.95. The first kappa shape index (κ1) is 17.5. The van der Waals surface area contributed by atoms with Gasteiger partial charge in [-0.1, -0.05) is 19.0 Å². The molecule has 140 valence electrons. The van der Waals surface area contributed by atoms with Crippen LogP contribution in [0, 0.1) is 11.8 Å². The van der Waals surface area contributed by atoms with Gasteiger partial charge in [0.1, 0.15) is 5.82 Å². The van der Waals surface area contributed by atoms with Gasteiger partial charge in [-0.25, -0.2) is 4.98 Å². The number of anilines is 1. The highest BCUT2D eigenvalue weighted by Gasteiger charge is 2.19. The van der Waals surface area contributed by atoms with E-state index in [2.05, 4.69) is 50.9 Å². The first-order chi connectivity index (χ1) is 12.7. The zero-order valence-electron chi connectivity index (χ0n) is 15.9. The van der Waals surface area contributed by atoms with Gasteiger partial charge in [0.25, 0.3) is 0 Å². The van der Waals surface area contributed by atoms with Crippen molar-refractivity contribution in [1.82, 2.24) is 20.0 Å². The molecule has 0 radical (unpaired) electrons. The predicted molar refractivity (Wildman–Crippen MR) is 102 cm³/mol. The zero-order chi connectivity index (χ0) is 17.9. The van der Waals surface area contributed by atoms with Gasteiger partial charge in [0.05, 0.1) is 6.54 Å². The van der Waals surface area contributed by atoms with E-state index in [9.17, 15) is 0 Å². The number of hydrogen-bond donors (Lipinski definition) is 0. The fourth-order valence-electron chi connectivity index (χ4n) is 3.79. The zero-order valence-corrected chi connectivity index (χ0v) is 15.9. The van der Waals surface area contributed by atoms with Crippen LogP contribution in [0.5, 0.6) is 0 Å². The van der Waals surface area contributed by atoms with Gasteiger partial charge in [0, 0.05) is 24.8 Å². The highest BCUT2D eigenvalue weighted by atomic mass is 16.5. The van der Waals surface area contributed by atoms with Crippen molar-refractivity contribution in [2.45, 2.75) is 46.1 Å². The van der Waals surface area contributed by atoms with E-state index in [1.807, 2.05) is 6.20 Å². The number of hydrogen-bond acceptors (Lipinski definition) is 6. The summed E-state index contributed by atoms with van der Waals surface area (Å²) in [4.78, 5) is 14.0. The number of likely N-dealkylation sites (tertiary alicyclic amines) is 1. The van der Waals surface area contributed by atoms with Crippen LogP contribution in [-0.4, -0.2) is 46.2 Å². The molecule has 0 bridgehead atoms. The molecular weight excluding hydrogens is 326 g/mol. The second-order valence-electron chi connectivity index (χ2n) is 8.05. The van der Waals surface area contributed by atoms with Crippen LogP contribution >= 0.6 is 0 Å². The third-order valence-electron chi connectivity index (χ3n) is 5.82. The quantitative estimate of drug-likeness (QED) is 0.835. The van der Waals surface area contributed by atoms with Gasteiger partial charge in [0.2, 0.25) is 11.7 Å². The molecule has 4 rings (SSSR count). The van der Waals surface area contributed by atoms with Crippen molar-refractivity contribution >= 4 is 5.82 Å². The molecule has 2 aromatic heterocycles. The molecule has 0 N–H and O–H groups in total. The molecule has 0 aliphatic carbocycles. The molecule has 2 aliphatic heterocycles. The number of rotatable bonds is 4. The number of aromatic nitrogens is 3. The molecule has 2 saturated heterocycles. The number of piperidine rings is 2. The molecule has 0 aromatic carbocycles. The van der Waals surface area contributed by atoms with E-state index < -0.39 is 0 Å². The van der Waals surface area contributed by atoms with E-state index in [4.69, 9.17) is 4.52 Å². The van der Waals surface area contributed by atoms with Gasteiger partial charge in [-0.3, -0.25) is 4.90 Å². The highest BCUT2D eigenvalue weighted by Crippen LogP contribution is 2.24. The third kappa shape index (κ3) is 4.06. The van der Waals surface area contributed by atoms with Crippen LogP contribution in [0.1, 0.15) is 45.4 Å². The maximum absolute atomic E-state index is 5.47. The summed E-state index contributed by atoms with van der Waals surface area (Å²) < 4.78 is 5.47. The molecule has 0 spiro atoms. The summed E-state index contributed by atoms with van der Waals surface area (Å²) in [5.41, 5.74) is 0.918. The number of nitrogens with zero attached hydrogens (tertiary/aromatic N) is 5. The molecular formula is C20H29N5O. The summed E-state index contributed by atoms with van der Waals surface area (Å²) in [6, 6.07) is 4.13. The fourth-order valence-corrected chi connectivity index (χ4v) is 3.79. The first-order valence-corrected chi connectivity index (χ1v) is 9.93. The topological polar surface area (TPSA) is 58.3 Å². The lowest BCUT2D eigenvalue weighted by atomic mass is 9.99. The van der Waals surface area contributed by atoms with Crippen LogP contribution < -0.4 is 4.90 Å². The van der Waals surface area contributed by atoms with Gasteiger partial charge >= 0.3 is 0 Å². The standard InChI is InChI=1S/C20H29N5O/c1-15-5-9-24(10-6-15)14-19-22-20(23-26-19)17-3-4-18(21-13-17)25-11-7-16(2)8-12-25/h3-4,13,15-16H,5-12,14H2,1-2H3. The van der Waals surface area contributed by atoms with Crippen LogP contribution in [0.3, 0.4) is 0 Å². The minimum atomic E-state index is 0.636. The van der Waals surface area contributed by atoms with E-state index in [-0.39, 0.29) is 0 Å². The summed E-state index contributed by atoms with van der Waals surface area (Å²) >= 11 is 0. The molecule has 2 aliphatic rings. The maximum atomic E-state index is 5.47.